The molecule has 118 valence electrons. The van der Waals surface area contributed by atoms with Crippen LogP contribution in [0.15, 0.2) is 48.5 Å². The second kappa shape index (κ2) is 6.52. The minimum atomic E-state index is -0.178. The van der Waals surface area contributed by atoms with Gasteiger partial charge < -0.3 is 15.0 Å². The molecule has 0 aliphatic carbocycles. The van der Waals surface area contributed by atoms with Crippen LogP contribution >= 0.6 is 0 Å². The summed E-state index contributed by atoms with van der Waals surface area (Å²) in [4.78, 5) is 25.8. The second-order valence-corrected chi connectivity index (χ2v) is 5.34. The van der Waals surface area contributed by atoms with E-state index in [0.29, 0.717) is 23.5 Å². The molecule has 0 unspecified atom stereocenters. The highest BCUT2D eigenvalue weighted by Crippen LogP contribution is 2.34. The third kappa shape index (κ3) is 3.18. The first kappa shape index (κ1) is 15.1. The number of amides is 2. The maximum atomic E-state index is 12.2. The van der Waals surface area contributed by atoms with E-state index in [9.17, 15) is 9.59 Å². The van der Waals surface area contributed by atoms with Crippen molar-refractivity contribution in [1.29, 1.82) is 0 Å². The Morgan fingerprint density at radius 2 is 2.00 bits per heavy atom. The molecule has 0 fully saturated rings. The van der Waals surface area contributed by atoms with Crippen LogP contribution in [0.25, 0.3) is 0 Å². The molecule has 0 bridgehead atoms. The van der Waals surface area contributed by atoms with E-state index in [2.05, 4.69) is 5.32 Å². The summed E-state index contributed by atoms with van der Waals surface area (Å²) in [6.07, 6.45) is 0.873. The van der Waals surface area contributed by atoms with Crippen LogP contribution in [0.4, 0.5) is 11.4 Å². The van der Waals surface area contributed by atoms with Crippen molar-refractivity contribution in [3.63, 3.8) is 0 Å². The van der Waals surface area contributed by atoms with Crippen LogP contribution in [0, 0.1) is 0 Å². The third-order valence-electron chi connectivity index (χ3n) is 3.64. The summed E-state index contributed by atoms with van der Waals surface area (Å²) in [6, 6.07) is 14.4. The van der Waals surface area contributed by atoms with Crippen LogP contribution in [0.3, 0.4) is 0 Å². The summed E-state index contributed by atoms with van der Waals surface area (Å²) in [5.41, 5.74) is 1.98. The molecule has 1 aliphatic heterocycles. The largest absolute Gasteiger partial charge is 0.481 e. The molecule has 3 rings (SSSR count). The molecule has 1 aliphatic rings. The SMILES string of the molecule is CCCN1C(=O)COc2cc(NC(=O)c3ccccc3)ccc21. The van der Waals surface area contributed by atoms with Crippen molar-refractivity contribution in [1.82, 2.24) is 0 Å². The number of fused-ring (bicyclic) bond motifs is 1. The van der Waals surface area contributed by atoms with Crippen LogP contribution in [0.2, 0.25) is 0 Å². The van der Waals surface area contributed by atoms with E-state index in [1.807, 2.05) is 31.2 Å². The topological polar surface area (TPSA) is 58.6 Å². The van der Waals surface area contributed by atoms with Crippen LogP contribution in [0.1, 0.15) is 23.7 Å². The van der Waals surface area contributed by atoms with Crippen LogP contribution in [0.5, 0.6) is 5.75 Å². The van der Waals surface area contributed by atoms with Crippen molar-refractivity contribution in [2.45, 2.75) is 13.3 Å². The minimum Gasteiger partial charge on any atom is -0.481 e. The van der Waals surface area contributed by atoms with Gasteiger partial charge in [-0.15, -0.1) is 0 Å². The third-order valence-corrected chi connectivity index (χ3v) is 3.64. The van der Waals surface area contributed by atoms with E-state index >= 15 is 0 Å². The van der Waals surface area contributed by atoms with Crippen molar-refractivity contribution >= 4 is 23.2 Å². The molecule has 0 saturated heterocycles. The highest BCUT2D eigenvalue weighted by molar-refractivity contribution is 6.05. The standard InChI is InChI=1S/C18H18N2O3/c1-2-10-20-15-9-8-14(11-16(15)23-12-17(20)21)19-18(22)13-6-4-3-5-7-13/h3-9,11H,2,10,12H2,1H3,(H,19,22). The fourth-order valence-electron chi connectivity index (χ4n) is 2.54. The van der Waals surface area contributed by atoms with E-state index in [1.165, 1.54) is 0 Å². The van der Waals surface area contributed by atoms with E-state index in [0.717, 1.165) is 12.1 Å². The van der Waals surface area contributed by atoms with Gasteiger partial charge in [-0.2, -0.15) is 0 Å². The molecule has 0 aromatic heterocycles. The van der Waals surface area contributed by atoms with Gasteiger partial charge in [-0.1, -0.05) is 25.1 Å². The molecular formula is C18H18N2O3. The molecular weight excluding hydrogens is 292 g/mol. The highest BCUT2D eigenvalue weighted by Gasteiger charge is 2.25. The van der Waals surface area contributed by atoms with Gasteiger partial charge in [0.2, 0.25) is 0 Å². The molecule has 2 aromatic carbocycles. The average Bonchev–Trinajstić information content (AvgIpc) is 2.58. The smallest absolute Gasteiger partial charge is 0.265 e. The van der Waals surface area contributed by atoms with Gasteiger partial charge in [0.25, 0.3) is 11.8 Å². The number of carbonyl (C=O) groups is 2. The lowest BCUT2D eigenvalue weighted by molar-refractivity contribution is -0.121. The fourth-order valence-corrected chi connectivity index (χ4v) is 2.54. The molecule has 2 aromatic rings. The summed E-state index contributed by atoms with van der Waals surface area (Å²) in [6.45, 7) is 2.71. The van der Waals surface area contributed by atoms with Crippen molar-refractivity contribution in [3.05, 3.63) is 54.1 Å². The van der Waals surface area contributed by atoms with E-state index < -0.39 is 0 Å². The van der Waals surface area contributed by atoms with Crippen molar-refractivity contribution < 1.29 is 14.3 Å². The second-order valence-electron chi connectivity index (χ2n) is 5.34. The number of hydrogen-bond acceptors (Lipinski definition) is 3. The number of nitrogens with one attached hydrogen (secondary N) is 1. The van der Waals surface area contributed by atoms with Gasteiger partial charge in [0.05, 0.1) is 5.69 Å². The van der Waals surface area contributed by atoms with Gasteiger partial charge in [0.1, 0.15) is 5.75 Å². The average molecular weight is 310 g/mol. The number of carbonyl (C=O) groups excluding carboxylic acids is 2. The molecule has 23 heavy (non-hydrogen) atoms. The molecule has 1 heterocycles. The predicted molar refractivity (Wildman–Crippen MR) is 89.0 cm³/mol. The number of hydrogen-bond donors (Lipinski definition) is 1. The van der Waals surface area contributed by atoms with Crippen LogP contribution < -0.4 is 15.0 Å². The van der Waals surface area contributed by atoms with Gasteiger partial charge in [0, 0.05) is 23.9 Å². The van der Waals surface area contributed by atoms with Crippen molar-refractivity contribution in [3.8, 4) is 5.75 Å². The summed E-state index contributed by atoms with van der Waals surface area (Å²) in [7, 11) is 0. The zero-order valence-corrected chi connectivity index (χ0v) is 12.9. The lowest BCUT2D eigenvalue weighted by Gasteiger charge is -2.29. The zero-order valence-electron chi connectivity index (χ0n) is 12.9. The Morgan fingerprint density at radius 3 is 2.74 bits per heavy atom. The lowest BCUT2D eigenvalue weighted by Crippen LogP contribution is -2.39. The van der Waals surface area contributed by atoms with Crippen LogP contribution in [-0.2, 0) is 4.79 Å². The Kier molecular flexibility index (Phi) is 4.28. The molecule has 1 N–H and O–H groups in total. The number of rotatable bonds is 4. The Morgan fingerprint density at radius 1 is 1.22 bits per heavy atom. The van der Waals surface area contributed by atoms with Crippen molar-refractivity contribution in [2.24, 2.45) is 0 Å². The maximum absolute atomic E-state index is 12.2. The fraction of sp³-hybridized carbons (Fsp3) is 0.222. The van der Waals surface area contributed by atoms with Gasteiger partial charge in [-0.25, -0.2) is 0 Å². The first-order valence-corrected chi connectivity index (χ1v) is 7.62. The van der Waals surface area contributed by atoms with Gasteiger partial charge >= 0.3 is 0 Å². The summed E-state index contributed by atoms with van der Waals surface area (Å²) < 4.78 is 5.50. The first-order chi connectivity index (χ1) is 11.2. The molecule has 0 radical (unpaired) electrons. The molecule has 5 heteroatoms. The summed E-state index contributed by atoms with van der Waals surface area (Å²) in [5, 5.41) is 2.84. The number of benzene rings is 2. The summed E-state index contributed by atoms with van der Waals surface area (Å²) in [5.74, 6) is 0.396. The molecule has 0 atom stereocenters. The maximum Gasteiger partial charge on any atom is 0.265 e. The lowest BCUT2D eigenvalue weighted by atomic mass is 10.1. The Hall–Kier alpha value is -2.82. The Balaban J connectivity index is 1.81. The Bertz CT molecular complexity index is 728. The highest BCUT2D eigenvalue weighted by atomic mass is 16.5. The minimum absolute atomic E-state index is 0.0308. The number of nitrogens with zero attached hydrogens (tertiary/aromatic N) is 1. The first-order valence-electron chi connectivity index (χ1n) is 7.62. The molecule has 5 nitrogen and oxygen atoms in total. The van der Waals surface area contributed by atoms with E-state index in [4.69, 9.17) is 4.74 Å². The predicted octanol–water partition coefficient (Wildman–Crippen LogP) is 3.07. The van der Waals surface area contributed by atoms with E-state index in [-0.39, 0.29) is 18.4 Å². The number of ether oxygens (including phenoxy) is 1. The van der Waals surface area contributed by atoms with E-state index in [1.54, 1.807) is 29.2 Å². The number of anilines is 2. The normalized spacial score (nSPS) is 13.3. The Labute approximate surface area is 134 Å². The molecule has 0 spiro atoms. The van der Waals surface area contributed by atoms with Gasteiger partial charge in [-0.05, 0) is 30.7 Å². The molecule has 2 amide bonds. The molecule has 0 saturated carbocycles. The monoisotopic (exact) mass is 310 g/mol. The van der Waals surface area contributed by atoms with Crippen molar-refractivity contribution in [2.75, 3.05) is 23.4 Å². The zero-order chi connectivity index (χ0) is 16.2. The quantitative estimate of drug-likeness (QED) is 0.944. The van der Waals surface area contributed by atoms with Gasteiger partial charge in [0.15, 0.2) is 6.61 Å². The van der Waals surface area contributed by atoms with Crippen LogP contribution in [-0.4, -0.2) is 25.0 Å². The summed E-state index contributed by atoms with van der Waals surface area (Å²) >= 11 is 0. The van der Waals surface area contributed by atoms with Gasteiger partial charge in [-0.3, -0.25) is 9.59 Å².